The van der Waals surface area contributed by atoms with Gasteiger partial charge in [0.05, 0.1) is 22.7 Å². The van der Waals surface area contributed by atoms with Crippen LogP contribution in [0, 0.1) is 5.41 Å². The number of rotatable bonds is 4. The highest BCUT2D eigenvalue weighted by Crippen LogP contribution is 2.40. The van der Waals surface area contributed by atoms with E-state index >= 15 is 0 Å². The smallest absolute Gasteiger partial charge is 0.416 e. The zero-order chi connectivity index (χ0) is 29.7. The molecule has 0 N–H and O–H groups in total. The molecule has 4 rings (SSSR count). The van der Waals surface area contributed by atoms with Gasteiger partial charge in [-0.25, -0.2) is 4.99 Å². The molecule has 41 heavy (non-hydrogen) atoms. The molecule has 0 amide bonds. The van der Waals surface area contributed by atoms with E-state index in [1.165, 1.54) is 30.3 Å². The molecule has 2 nitrogen and oxygen atoms in total. The zero-order valence-corrected chi connectivity index (χ0v) is 23.7. The zero-order valence-electron chi connectivity index (χ0n) is 21.8. The van der Waals surface area contributed by atoms with Crippen LogP contribution >= 0.6 is 21.4 Å². The van der Waals surface area contributed by atoms with Gasteiger partial charge >= 0.3 is 18.5 Å². The van der Waals surface area contributed by atoms with Crippen LogP contribution in [0.1, 0.15) is 43.0 Å². The fraction of sp³-hybridized carbons (Fsp3) is 0.321. The molecule has 0 saturated heterocycles. The first-order valence-corrected chi connectivity index (χ1v) is 13.3. The van der Waals surface area contributed by atoms with Crippen molar-refractivity contribution in [2.24, 2.45) is 10.4 Å². The highest BCUT2D eigenvalue weighted by molar-refractivity contribution is 7.80. The fourth-order valence-electron chi connectivity index (χ4n) is 4.07. The highest BCUT2D eigenvalue weighted by atomic mass is 32.1. The first-order chi connectivity index (χ1) is 18.4. The van der Waals surface area contributed by atoms with Gasteiger partial charge in [-0.05, 0) is 65.6 Å². The molecule has 1 aliphatic rings. The van der Waals surface area contributed by atoms with Crippen LogP contribution in [0.25, 0.3) is 0 Å². The molecular formula is C28H25F9NOPS. The summed E-state index contributed by atoms with van der Waals surface area (Å²) in [4.78, 5) is 4.52. The minimum Gasteiger partial charge on any atom is -0.475 e. The molecule has 0 bridgehead atoms. The Labute approximate surface area is 238 Å². The van der Waals surface area contributed by atoms with Gasteiger partial charge in [-0.3, -0.25) is 0 Å². The number of benzene rings is 3. The first kappa shape index (κ1) is 32.8. The molecule has 1 atom stereocenters. The van der Waals surface area contributed by atoms with Gasteiger partial charge in [-0.2, -0.15) is 53.0 Å². The van der Waals surface area contributed by atoms with Crippen LogP contribution in [0.3, 0.4) is 0 Å². The summed E-state index contributed by atoms with van der Waals surface area (Å²) in [6.45, 7) is 5.76. The largest absolute Gasteiger partial charge is 0.475 e. The number of alkyl halides is 9. The van der Waals surface area contributed by atoms with E-state index < -0.39 is 43.1 Å². The lowest BCUT2D eigenvalue weighted by atomic mass is 9.88. The second-order valence-electron chi connectivity index (χ2n) is 10.3. The fourth-order valence-corrected chi connectivity index (χ4v) is 6.44. The Kier molecular flexibility index (Phi) is 9.21. The van der Waals surface area contributed by atoms with Crippen molar-refractivity contribution in [3.05, 3.63) is 89.0 Å². The molecule has 13 heteroatoms. The van der Waals surface area contributed by atoms with Gasteiger partial charge in [-0.1, -0.05) is 51.1 Å². The molecule has 3 aromatic rings. The molecular weight excluding hydrogens is 600 g/mol. The van der Waals surface area contributed by atoms with E-state index in [-0.39, 0.29) is 58.9 Å². The molecule has 1 heterocycles. The molecule has 3 aromatic carbocycles. The van der Waals surface area contributed by atoms with Crippen LogP contribution in [0.4, 0.5) is 39.5 Å². The Bertz CT molecular complexity index is 1330. The van der Waals surface area contributed by atoms with Crippen LogP contribution in [-0.4, -0.2) is 18.5 Å². The maximum absolute atomic E-state index is 13.7. The summed E-state index contributed by atoms with van der Waals surface area (Å²) in [5, 5.41) is 0.820. The standard InChI is InChI=1S/C28H23F9NOP.H2S/c1-25(2,3)23-15-39-24(38-23)21-14-18(28(35,36)37)8-13-22(21)40(19-9-4-16(5-10-19)26(29,30)31)20-11-6-17(7-12-20)27(32,33)34;/h4-14,23H,15H2,1-3H3;1H2/t23-;/m1./s1. The van der Waals surface area contributed by atoms with Gasteiger partial charge in [0.25, 0.3) is 0 Å². The number of ether oxygens (including phenoxy) is 1. The van der Waals surface area contributed by atoms with Crippen molar-refractivity contribution < 1.29 is 44.3 Å². The van der Waals surface area contributed by atoms with Gasteiger partial charge in [0, 0.05) is 5.56 Å². The first-order valence-electron chi connectivity index (χ1n) is 11.9. The Hall–Kier alpha value is -2.72. The molecule has 0 aliphatic carbocycles. The maximum atomic E-state index is 13.7. The predicted octanol–water partition coefficient (Wildman–Crippen LogP) is 7.81. The van der Waals surface area contributed by atoms with Crippen LogP contribution in [0.2, 0.25) is 0 Å². The van der Waals surface area contributed by atoms with E-state index in [4.69, 9.17) is 4.74 Å². The van der Waals surface area contributed by atoms with Crippen molar-refractivity contribution >= 4 is 43.2 Å². The molecule has 222 valence electrons. The van der Waals surface area contributed by atoms with Gasteiger partial charge in [-0.15, -0.1) is 0 Å². The lowest BCUT2D eigenvalue weighted by molar-refractivity contribution is -0.138. The van der Waals surface area contributed by atoms with Gasteiger partial charge in [0.2, 0.25) is 5.90 Å². The number of hydrogen-bond acceptors (Lipinski definition) is 2. The summed E-state index contributed by atoms with van der Waals surface area (Å²) in [6.07, 6.45) is -14.0. The number of halogens is 9. The molecule has 0 radical (unpaired) electrons. The van der Waals surface area contributed by atoms with Crippen molar-refractivity contribution in [3.8, 4) is 0 Å². The monoisotopic (exact) mass is 625 g/mol. The summed E-state index contributed by atoms with van der Waals surface area (Å²) >= 11 is 0. The van der Waals surface area contributed by atoms with E-state index in [1.54, 1.807) is 0 Å². The molecule has 0 aromatic heterocycles. The van der Waals surface area contributed by atoms with Gasteiger partial charge in [0.15, 0.2) is 0 Å². The molecule has 0 fully saturated rings. The Morgan fingerprint density at radius 1 is 0.659 bits per heavy atom. The molecule has 0 unspecified atom stereocenters. The summed E-state index contributed by atoms with van der Waals surface area (Å²) in [5.74, 6) is -0.0626. The van der Waals surface area contributed by atoms with Gasteiger partial charge in [0.1, 0.15) is 6.61 Å². The molecule has 0 saturated carbocycles. The average molecular weight is 626 g/mol. The van der Waals surface area contributed by atoms with E-state index in [0.29, 0.717) is 0 Å². The van der Waals surface area contributed by atoms with Crippen molar-refractivity contribution in [1.82, 2.24) is 0 Å². The second-order valence-corrected chi connectivity index (χ2v) is 12.5. The van der Waals surface area contributed by atoms with E-state index in [2.05, 4.69) is 4.99 Å². The van der Waals surface area contributed by atoms with E-state index in [1.807, 2.05) is 20.8 Å². The summed E-state index contributed by atoms with van der Waals surface area (Å²) in [6, 6.07) is 10.6. The Balaban J connectivity index is 0.00000462. The van der Waals surface area contributed by atoms with Crippen LogP contribution < -0.4 is 15.9 Å². The SMILES string of the molecule is CC(C)(C)[C@H]1COC(c2cc(C(F)(F)F)ccc2P(c2ccc(C(F)(F)F)cc2)c2ccc(C(F)(F)F)cc2)=N1.S. The van der Waals surface area contributed by atoms with Crippen molar-refractivity contribution in [3.63, 3.8) is 0 Å². The van der Waals surface area contributed by atoms with Crippen LogP contribution in [0.15, 0.2) is 71.7 Å². The minimum absolute atomic E-state index is 0. The lowest BCUT2D eigenvalue weighted by Gasteiger charge is -2.24. The molecule has 1 aliphatic heterocycles. The molecule has 0 spiro atoms. The minimum atomic E-state index is -4.72. The third-order valence-electron chi connectivity index (χ3n) is 6.35. The highest BCUT2D eigenvalue weighted by Gasteiger charge is 2.37. The Morgan fingerprint density at radius 3 is 1.44 bits per heavy atom. The summed E-state index contributed by atoms with van der Waals surface area (Å²) in [7, 11) is -1.93. The predicted molar refractivity (Wildman–Crippen MR) is 146 cm³/mol. The number of nitrogens with zero attached hydrogens (tertiary/aromatic N) is 1. The van der Waals surface area contributed by atoms with E-state index in [9.17, 15) is 39.5 Å². The van der Waals surface area contributed by atoms with Crippen LogP contribution in [-0.2, 0) is 23.3 Å². The lowest BCUT2D eigenvalue weighted by Crippen LogP contribution is -2.27. The van der Waals surface area contributed by atoms with Crippen molar-refractivity contribution in [2.45, 2.75) is 45.3 Å². The van der Waals surface area contributed by atoms with Crippen molar-refractivity contribution in [2.75, 3.05) is 6.61 Å². The number of aliphatic imine (C=N–C) groups is 1. The third kappa shape index (κ3) is 7.38. The Morgan fingerprint density at radius 2 is 1.07 bits per heavy atom. The summed E-state index contributed by atoms with van der Waals surface area (Å²) < 4.78 is 126. The van der Waals surface area contributed by atoms with Crippen LogP contribution in [0.5, 0.6) is 0 Å². The average Bonchev–Trinajstić information content (AvgIpc) is 3.34. The van der Waals surface area contributed by atoms with Gasteiger partial charge < -0.3 is 4.74 Å². The second kappa shape index (κ2) is 11.5. The third-order valence-corrected chi connectivity index (χ3v) is 8.85. The normalized spacial score (nSPS) is 16.3. The quantitative estimate of drug-likeness (QED) is 0.214. The topological polar surface area (TPSA) is 21.6 Å². The summed E-state index contributed by atoms with van der Waals surface area (Å²) in [5.41, 5.74) is -3.28. The van der Waals surface area contributed by atoms with Crippen molar-refractivity contribution in [1.29, 1.82) is 0 Å². The number of hydrogen-bond donors (Lipinski definition) is 0. The van der Waals surface area contributed by atoms with E-state index in [0.717, 1.165) is 36.4 Å². The maximum Gasteiger partial charge on any atom is 0.416 e.